The molecule has 0 fully saturated rings. The third kappa shape index (κ3) is 4.87. The molecule has 0 spiro atoms. The molecule has 0 aliphatic carbocycles. The van der Waals surface area contributed by atoms with Gasteiger partial charge in [-0.15, -0.1) is 0 Å². The van der Waals surface area contributed by atoms with Crippen LogP contribution in [0.5, 0.6) is 5.75 Å². The Balaban J connectivity index is 2.40. The molecule has 4 nitrogen and oxygen atoms in total. The van der Waals surface area contributed by atoms with Crippen molar-refractivity contribution in [3.8, 4) is 5.75 Å². The summed E-state index contributed by atoms with van der Waals surface area (Å²) in [6.07, 6.45) is 4.67. The topological polar surface area (TPSA) is 64.3 Å². The number of carbonyl (C=O) groups is 1. The van der Waals surface area contributed by atoms with Crippen LogP contribution in [0, 0.1) is 0 Å². The highest BCUT2D eigenvalue weighted by molar-refractivity contribution is 5.94. The van der Waals surface area contributed by atoms with Gasteiger partial charge in [-0.25, -0.2) is 5.84 Å². The minimum Gasteiger partial charge on any atom is -0.494 e. The van der Waals surface area contributed by atoms with E-state index < -0.39 is 0 Å². The van der Waals surface area contributed by atoms with Crippen molar-refractivity contribution in [2.75, 3.05) is 6.61 Å². The summed E-state index contributed by atoms with van der Waals surface area (Å²) < 4.78 is 5.57. The molecule has 4 heteroatoms. The number of amides is 1. The maximum atomic E-state index is 11.3. The van der Waals surface area contributed by atoms with Crippen LogP contribution in [-0.2, 0) is 0 Å². The first kappa shape index (κ1) is 13.5. The van der Waals surface area contributed by atoms with Crippen molar-refractivity contribution < 1.29 is 9.53 Å². The van der Waals surface area contributed by atoms with E-state index in [0.717, 1.165) is 6.42 Å². The monoisotopic (exact) mass is 236 g/mol. The van der Waals surface area contributed by atoms with Crippen LogP contribution >= 0.6 is 0 Å². The van der Waals surface area contributed by atoms with Gasteiger partial charge in [-0.1, -0.05) is 32.3 Å². The number of carbonyl (C=O) groups excluding carboxylic acids is 1. The first-order chi connectivity index (χ1) is 8.27. The predicted molar refractivity (Wildman–Crippen MR) is 67.7 cm³/mol. The van der Waals surface area contributed by atoms with Gasteiger partial charge in [-0.2, -0.15) is 0 Å². The molecule has 0 saturated carbocycles. The quantitative estimate of drug-likeness (QED) is 0.330. The second-order valence-electron chi connectivity index (χ2n) is 3.91. The molecule has 0 aliphatic rings. The molecule has 0 heterocycles. The Hall–Kier alpha value is -1.55. The van der Waals surface area contributed by atoms with Gasteiger partial charge in [0.25, 0.3) is 5.91 Å². The molecule has 94 valence electrons. The van der Waals surface area contributed by atoms with Crippen molar-refractivity contribution in [1.29, 1.82) is 0 Å². The molecule has 0 aliphatic heterocycles. The molecule has 0 radical (unpaired) electrons. The third-order valence-electron chi connectivity index (χ3n) is 2.49. The maximum absolute atomic E-state index is 11.3. The van der Waals surface area contributed by atoms with Crippen molar-refractivity contribution >= 4 is 5.91 Å². The van der Waals surface area contributed by atoms with Gasteiger partial charge in [0.1, 0.15) is 5.75 Å². The Morgan fingerprint density at radius 2 is 2.18 bits per heavy atom. The van der Waals surface area contributed by atoms with Crippen LogP contribution in [0.3, 0.4) is 0 Å². The van der Waals surface area contributed by atoms with E-state index >= 15 is 0 Å². The van der Waals surface area contributed by atoms with Crippen molar-refractivity contribution in [3.63, 3.8) is 0 Å². The minimum atomic E-state index is -0.304. The molecule has 1 rings (SSSR count). The molecule has 0 unspecified atom stereocenters. The number of hydrazine groups is 1. The van der Waals surface area contributed by atoms with E-state index in [2.05, 4.69) is 12.3 Å². The Morgan fingerprint density at radius 1 is 1.35 bits per heavy atom. The number of rotatable bonds is 7. The highest BCUT2D eigenvalue weighted by Crippen LogP contribution is 2.13. The lowest BCUT2D eigenvalue weighted by Gasteiger charge is -2.07. The normalized spacial score (nSPS) is 10.0. The van der Waals surface area contributed by atoms with E-state index in [1.54, 1.807) is 18.2 Å². The van der Waals surface area contributed by atoms with E-state index in [1.807, 2.05) is 6.07 Å². The Bertz CT molecular complexity index is 353. The maximum Gasteiger partial charge on any atom is 0.265 e. The van der Waals surface area contributed by atoms with Crippen molar-refractivity contribution in [2.24, 2.45) is 5.84 Å². The second-order valence-corrected chi connectivity index (χ2v) is 3.91. The molecule has 0 atom stereocenters. The summed E-state index contributed by atoms with van der Waals surface area (Å²) in [5.74, 6) is 5.48. The number of ether oxygens (including phenoxy) is 1. The zero-order valence-electron chi connectivity index (χ0n) is 10.2. The first-order valence-electron chi connectivity index (χ1n) is 6.01. The first-order valence-corrected chi connectivity index (χ1v) is 6.01. The fourth-order valence-corrected chi connectivity index (χ4v) is 1.53. The highest BCUT2D eigenvalue weighted by Gasteiger charge is 2.04. The number of unbranched alkanes of at least 4 members (excludes halogenated alkanes) is 3. The number of nitrogens with two attached hydrogens (primary N) is 1. The molecule has 1 aromatic rings. The Labute approximate surface area is 102 Å². The molecule has 1 amide bonds. The van der Waals surface area contributed by atoms with Gasteiger partial charge in [0, 0.05) is 5.56 Å². The van der Waals surface area contributed by atoms with Gasteiger partial charge in [-0.3, -0.25) is 10.2 Å². The van der Waals surface area contributed by atoms with Crippen LogP contribution in [0.4, 0.5) is 0 Å². The lowest BCUT2D eigenvalue weighted by molar-refractivity contribution is 0.0953. The van der Waals surface area contributed by atoms with Gasteiger partial charge in [0.05, 0.1) is 6.61 Å². The van der Waals surface area contributed by atoms with E-state index in [1.165, 1.54) is 19.3 Å². The van der Waals surface area contributed by atoms with Gasteiger partial charge >= 0.3 is 0 Å². The minimum absolute atomic E-state index is 0.304. The zero-order chi connectivity index (χ0) is 12.5. The van der Waals surface area contributed by atoms with Crippen molar-refractivity contribution in [2.45, 2.75) is 32.6 Å². The van der Waals surface area contributed by atoms with Gasteiger partial charge in [0.15, 0.2) is 0 Å². The van der Waals surface area contributed by atoms with Crippen LogP contribution in [0.1, 0.15) is 43.0 Å². The van der Waals surface area contributed by atoms with Crippen LogP contribution in [-0.4, -0.2) is 12.5 Å². The summed E-state index contributed by atoms with van der Waals surface area (Å²) in [5, 5.41) is 0. The number of benzene rings is 1. The average Bonchev–Trinajstić information content (AvgIpc) is 2.38. The molecular weight excluding hydrogens is 216 g/mol. The molecule has 1 aromatic carbocycles. The van der Waals surface area contributed by atoms with Gasteiger partial charge in [0.2, 0.25) is 0 Å². The van der Waals surface area contributed by atoms with E-state index in [0.29, 0.717) is 17.9 Å². The zero-order valence-corrected chi connectivity index (χ0v) is 10.2. The van der Waals surface area contributed by atoms with Crippen molar-refractivity contribution in [3.05, 3.63) is 29.8 Å². The molecule has 17 heavy (non-hydrogen) atoms. The fraction of sp³-hybridized carbons (Fsp3) is 0.462. The van der Waals surface area contributed by atoms with Crippen LogP contribution in [0.15, 0.2) is 24.3 Å². The van der Waals surface area contributed by atoms with E-state index in [-0.39, 0.29) is 5.91 Å². The van der Waals surface area contributed by atoms with Gasteiger partial charge in [-0.05, 0) is 24.6 Å². The van der Waals surface area contributed by atoms with Gasteiger partial charge < -0.3 is 4.74 Å². The lowest BCUT2D eigenvalue weighted by Crippen LogP contribution is -2.29. The number of nitrogen functional groups attached to an aromatic ring is 1. The summed E-state index contributed by atoms with van der Waals surface area (Å²) in [6, 6.07) is 7.02. The lowest BCUT2D eigenvalue weighted by atomic mass is 10.2. The fourth-order valence-electron chi connectivity index (χ4n) is 1.53. The standard InChI is InChI=1S/C13H20N2O2/c1-2-3-4-5-9-17-12-8-6-7-11(10-12)13(16)15-14/h6-8,10H,2-5,9,14H2,1H3,(H,15,16). The molecular formula is C13H20N2O2. The van der Waals surface area contributed by atoms with E-state index in [9.17, 15) is 4.79 Å². The van der Waals surface area contributed by atoms with Crippen molar-refractivity contribution in [1.82, 2.24) is 5.43 Å². The predicted octanol–water partition coefficient (Wildman–Crippen LogP) is 2.25. The molecule has 0 saturated heterocycles. The number of hydrogen-bond acceptors (Lipinski definition) is 3. The highest BCUT2D eigenvalue weighted by atomic mass is 16.5. The summed E-state index contributed by atoms with van der Waals surface area (Å²) in [4.78, 5) is 11.3. The number of nitrogens with one attached hydrogen (secondary N) is 1. The smallest absolute Gasteiger partial charge is 0.265 e. The van der Waals surface area contributed by atoms with Crippen LogP contribution < -0.4 is 16.0 Å². The average molecular weight is 236 g/mol. The SMILES string of the molecule is CCCCCCOc1cccc(C(=O)NN)c1. The van der Waals surface area contributed by atoms with Crippen LogP contribution in [0.2, 0.25) is 0 Å². The summed E-state index contributed by atoms with van der Waals surface area (Å²) in [5.41, 5.74) is 2.61. The molecule has 0 aromatic heterocycles. The Morgan fingerprint density at radius 3 is 2.88 bits per heavy atom. The molecule has 3 N–H and O–H groups in total. The van der Waals surface area contributed by atoms with Crippen LogP contribution in [0.25, 0.3) is 0 Å². The van der Waals surface area contributed by atoms with E-state index in [4.69, 9.17) is 10.6 Å². The largest absolute Gasteiger partial charge is 0.494 e. The summed E-state index contributed by atoms with van der Waals surface area (Å²) in [7, 11) is 0. The third-order valence-corrected chi connectivity index (χ3v) is 2.49. The summed E-state index contributed by atoms with van der Waals surface area (Å²) >= 11 is 0. The summed E-state index contributed by atoms with van der Waals surface area (Å²) in [6.45, 7) is 2.86. The number of hydrogen-bond donors (Lipinski definition) is 2. The second kappa shape index (κ2) is 7.68. The molecule has 0 bridgehead atoms. The Kier molecular flexibility index (Phi) is 6.10.